The third-order valence-electron chi connectivity index (χ3n) is 3.73. The van der Waals surface area contributed by atoms with Gasteiger partial charge in [0.25, 0.3) is 0 Å². The first-order chi connectivity index (χ1) is 8.56. The van der Waals surface area contributed by atoms with E-state index >= 15 is 0 Å². The second kappa shape index (κ2) is 8.05. The highest BCUT2D eigenvalue weighted by Gasteiger charge is 2.28. The molecule has 1 amide bonds. The normalized spacial score (nSPS) is 23.8. The Bertz CT molecular complexity index is 258. The number of carbonyl (C=O) groups is 1. The molecule has 106 valence electrons. The Balaban J connectivity index is 2.40. The lowest BCUT2D eigenvalue weighted by molar-refractivity contribution is -0.132. The van der Waals surface area contributed by atoms with Crippen LogP contribution in [0.1, 0.15) is 46.5 Å². The van der Waals surface area contributed by atoms with E-state index in [1.807, 2.05) is 11.8 Å². The Morgan fingerprint density at radius 2 is 2.22 bits per heavy atom. The van der Waals surface area contributed by atoms with E-state index in [9.17, 15) is 4.79 Å². The van der Waals surface area contributed by atoms with Gasteiger partial charge < -0.3 is 10.6 Å². The molecule has 0 aromatic rings. The van der Waals surface area contributed by atoms with Gasteiger partial charge in [-0.25, -0.2) is 0 Å². The van der Waals surface area contributed by atoms with Gasteiger partial charge in [-0.3, -0.25) is 4.79 Å². The molecule has 1 rings (SSSR count). The van der Waals surface area contributed by atoms with E-state index in [0.717, 1.165) is 25.3 Å². The van der Waals surface area contributed by atoms with Crippen LogP contribution in [0.5, 0.6) is 0 Å². The van der Waals surface area contributed by atoms with Crippen LogP contribution in [0.4, 0.5) is 0 Å². The summed E-state index contributed by atoms with van der Waals surface area (Å²) in [6.45, 7) is 8.05. The van der Waals surface area contributed by atoms with E-state index in [4.69, 9.17) is 5.73 Å². The molecule has 0 radical (unpaired) electrons. The van der Waals surface area contributed by atoms with Crippen LogP contribution < -0.4 is 5.73 Å². The smallest absolute Gasteiger partial charge is 0.235 e. The highest BCUT2D eigenvalue weighted by Crippen LogP contribution is 2.22. The Morgan fingerprint density at radius 1 is 1.50 bits per heavy atom. The number of hydrogen-bond donors (Lipinski definition) is 1. The molecule has 0 aromatic heterocycles. The monoisotopic (exact) mass is 272 g/mol. The molecule has 3 nitrogen and oxygen atoms in total. The number of amides is 1. The van der Waals surface area contributed by atoms with E-state index in [1.54, 1.807) is 11.8 Å². The maximum atomic E-state index is 12.3. The zero-order chi connectivity index (χ0) is 13.5. The summed E-state index contributed by atoms with van der Waals surface area (Å²) in [5.74, 6) is 1.88. The minimum absolute atomic E-state index is 0.100. The first kappa shape index (κ1) is 15.8. The van der Waals surface area contributed by atoms with Crippen molar-refractivity contribution in [1.29, 1.82) is 0 Å². The van der Waals surface area contributed by atoms with E-state index in [-0.39, 0.29) is 11.3 Å². The number of rotatable bonds is 6. The van der Waals surface area contributed by atoms with Crippen LogP contribution in [0.25, 0.3) is 0 Å². The van der Waals surface area contributed by atoms with Crippen LogP contribution in [-0.4, -0.2) is 40.9 Å². The fraction of sp³-hybridized carbons (Fsp3) is 0.929. The molecule has 1 aliphatic heterocycles. The third-order valence-corrected chi connectivity index (χ3v) is 4.95. The zero-order valence-corrected chi connectivity index (χ0v) is 12.8. The fourth-order valence-electron chi connectivity index (χ4n) is 2.37. The topological polar surface area (TPSA) is 46.3 Å². The molecule has 0 saturated carbocycles. The lowest BCUT2D eigenvalue weighted by Crippen LogP contribution is -2.47. The van der Waals surface area contributed by atoms with Crippen LogP contribution in [0.3, 0.4) is 0 Å². The lowest BCUT2D eigenvalue weighted by Gasteiger charge is -2.35. The molecule has 1 saturated heterocycles. The molecule has 2 N–H and O–H groups in total. The Hall–Kier alpha value is -0.220. The summed E-state index contributed by atoms with van der Waals surface area (Å²) in [6, 6.07) is 0.198. The first-order valence-electron chi connectivity index (χ1n) is 7.22. The average molecular weight is 272 g/mol. The molecule has 1 heterocycles. The molecular weight excluding hydrogens is 244 g/mol. The quantitative estimate of drug-likeness (QED) is 0.756. The Labute approximate surface area is 116 Å². The van der Waals surface area contributed by atoms with Gasteiger partial charge in [0, 0.05) is 19.1 Å². The van der Waals surface area contributed by atoms with Crippen molar-refractivity contribution < 1.29 is 4.79 Å². The van der Waals surface area contributed by atoms with E-state index in [2.05, 4.69) is 13.8 Å². The van der Waals surface area contributed by atoms with Crippen molar-refractivity contribution in [2.45, 2.75) is 57.7 Å². The van der Waals surface area contributed by atoms with Crippen LogP contribution >= 0.6 is 11.8 Å². The van der Waals surface area contributed by atoms with Crippen LogP contribution in [0.15, 0.2) is 0 Å². The molecule has 1 fully saturated rings. The molecule has 4 heteroatoms. The van der Waals surface area contributed by atoms with Gasteiger partial charge in [-0.15, -0.1) is 11.8 Å². The number of piperidine rings is 1. The van der Waals surface area contributed by atoms with Crippen molar-refractivity contribution in [1.82, 2.24) is 4.90 Å². The van der Waals surface area contributed by atoms with Gasteiger partial charge in [0.2, 0.25) is 5.91 Å². The Kier molecular flexibility index (Phi) is 7.08. The molecule has 3 unspecified atom stereocenters. The summed E-state index contributed by atoms with van der Waals surface area (Å²) in [5, 5.41) is 0.100. The van der Waals surface area contributed by atoms with Gasteiger partial charge in [-0.05, 0) is 44.8 Å². The number of nitrogens with zero attached hydrogens (tertiary/aromatic N) is 1. The summed E-state index contributed by atoms with van der Waals surface area (Å²) >= 11 is 1.79. The fourth-order valence-corrected chi connectivity index (χ4v) is 3.47. The molecule has 0 spiro atoms. The standard InChI is InChI=1S/C14H28N2OS/c1-4-5-9-18-12(3)14(17)16-8-6-7-13(10-16)11(2)15/h11-13H,4-10,15H2,1-3H3. The molecule has 18 heavy (non-hydrogen) atoms. The summed E-state index contributed by atoms with van der Waals surface area (Å²) in [5.41, 5.74) is 5.96. The van der Waals surface area contributed by atoms with Crippen molar-refractivity contribution in [3.05, 3.63) is 0 Å². The maximum absolute atomic E-state index is 12.3. The van der Waals surface area contributed by atoms with Gasteiger partial charge in [0.05, 0.1) is 5.25 Å². The minimum Gasteiger partial charge on any atom is -0.341 e. The van der Waals surface area contributed by atoms with E-state index in [0.29, 0.717) is 11.8 Å². The van der Waals surface area contributed by atoms with Crippen molar-refractivity contribution in [2.75, 3.05) is 18.8 Å². The van der Waals surface area contributed by atoms with Crippen LogP contribution in [-0.2, 0) is 4.79 Å². The van der Waals surface area contributed by atoms with Gasteiger partial charge in [-0.1, -0.05) is 13.3 Å². The van der Waals surface area contributed by atoms with Gasteiger partial charge in [0.15, 0.2) is 0 Å². The van der Waals surface area contributed by atoms with Gasteiger partial charge in [0.1, 0.15) is 0 Å². The first-order valence-corrected chi connectivity index (χ1v) is 8.27. The zero-order valence-electron chi connectivity index (χ0n) is 12.0. The number of likely N-dealkylation sites (tertiary alicyclic amines) is 1. The molecule has 3 atom stereocenters. The predicted molar refractivity (Wildman–Crippen MR) is 79.8 cm³/mol. The second-order valence-corrected chi connectivity index (χ2v) is 6.86. The summed E-state index contributed by atoms with van der Waals surface area (Å²) in [7, 11) is 0. The number of carbonyl (C=O) groups excluding carboxylic acids is 1. The molecule has 1 aliphatic rings. The molecule has 0 aromatic carbocycles. The van der Waals surface area contributed by atoms with Gasteiger partial charge in [-0.2, -0.15) is 0 Å². The van der Waals surface area contributed by atoms with Crippen molar-refractivity contribution in [2.24, 2.45) is 11.7 Å². The van der Waals surface area contributed by atoms with Gasteiger partial charge >= 0.3 is 0 Å². The average Bonchev–Trinajstić information content (AvgIpc) is 2.38. The highest BCUT2D eigenvalue weighted by molar-refractivity contribution is 8.00. The molecule has 0 bridgehead atoms. The lowest BCUT2D eigenvalue weighted by atomic mass is 9.92. The summed E-state index contributed by atoms with van der Waals surface area (Å²) < 4.78 is 0. The molecular formula is C14H28N2OS. The summed E-state index contributed by atoms with van der Waals surface area (Å²) in [4.78, 5) is 14.4. The number of thioether (sulfide) groups is 1. The van der Waals surface area contributed by atoms with Crippen LogP contribution in [0.2, 0.25) is 0 Å². The molecule has 0 aliphatic carbocycles. The van der Waals surface area contributed by atoms with E-state index in [1.165, 1.54) is 19.3 Å². The Morgan fingerprint density at radius 3 is 2.83 bits per heavy atom. The number of hydrogen-bond acceptors (Lipinski definition) is 3. The van der Waals surface area contributed by atoms with Crippen LogP contribution in [0, 0.1) is 5.92 Å². The van der Waals surface area contributed by atoms with Crippen molar-refractivity contribution in [3.8, 4) is 0 Å². The largest absolute Gasteiger partial charge is 0.341 e. The highest BCUT2D eigenvalue weighted by atomic mass is 32.2. The number of unbranched alkanes of at least 4 members (excludes halogenated alkanes) is 1. The maximum Gasteiger partial charge on any atom is 0.235 e. The summed E-state index contributed by atoms with van der Waals surface area (Å²) in [6.07, 6.45) is 4.66. The minimum atomic E-state index is 0.100. The third kappa shape index (κ3) is 4.81. The van der Waals surface area contributed by atoms with Crippen molar-refractivity contribution in [3.63, 3.8) is 0 Å². The number of nitrogens with two attached hydrogens (primary N) is 1. The van der Waals surface area contributed by atoms with E-state index < -0.39 is 0 Å². The predicted octanol–water partition coefficient (Wildman–Crippen LogP) is 2.49. The second-order valence-electron chi connectivity index (χ2n) is 5.41. The van der Waals surface area contributed by atoms with Crippen molar-refractivity contribution >= 4 is 17.7 Å². The SMILES string of the molecule is CCCCSC(C)C(=O)N1CCCC(C(C)N)C1.